The summed E-state index contributed by atoms with van der Waals surface area (Å²) in [6, 6.07) is 8.47. The predicted octanol–water partition coefficient (Wildman–Crippen LogP) is 4.49. The Labute approximate surface area is 170 Å². The second-order valence-electron chi connectivity index (χ2n) is 9.16. The molecule has 1 N–H and O–H groups in total. The molecule has 0 aromatic heterocycles. The molecule has 0 aliphatic carbocycles. The van der Waals surface area contributed by atoms with Gasteiger partial charge in [0.25, 0.3) is 0 Å². The van der Waals surface area contributed by atoms with E-state index in [0.717, 1.165) is 5.56 Å². The zero-order valence-electron chi connectivity index (χ0n) is 18.5. The first kappa shape index (κ1) is 24.2. The Morgan fingerprint density at radius 2 is 1.39 bits per heavy atom. The molecule has 0 fully saturated rings. The zero-order valence-corrected chi connectivity index (χ0v) is 18.5. The molecule has 1 aromatic rings. The van der Waals surface area contributed by atoms with Gasteiger partial charge in [-0.25, -0.2) is 0 Å². The molecule has 28 heavy (non-hydrogen) atoms. The summed E-state index contributed by atoms with van der Waals surface area (Å²) < 4.78 is 11.1. The van der Waals surface area contributed by atoms with Crippen molar-refractivity contribution < 1.29 is 19.1 Å². The van der Waals surface area contributed by atoms with E-state index in [9.17, 15) is 9.59 Å². The quantitative estimate of drug-likeness (QED) is 0.595. The molecule has 0 spiro atoms. The highest BCUT2D eigenvalue weighted by Crippen LogP contribution is 2.16. The number of carbonyl (C=O) groups excluding carboxylic acids is 2. The van der Waals surface area contributed by atoms with Gasteiger partial charge in [-0.1, -0.05) is 58.0 Å². The average Bonchev–Trinajstić information content (AvgIpc) is 2.57. The first-order chi connectivity index (χ1) is 13.0. The van der Waals surface area contributed by atoms with Crippen molar-refractivity contribution in [1.29, 1.82) is 0 Å². The van der Waals surface area contributed by atoms with Crippen LogP contribution >= 0.6 is 0 Å². The van der Waals surface area contributed by atoms with Gasteiger partial charge in [0.1, 0.15) is 24.3 Å². The van der Waals surface area contributed by atoms with Crippen LogP contribution in [-0.4, -0.2) is 29.6 Å². The van der Waals surface area contributed by atoms with Crippen molar-refractivity contribution in [2.45, 2.75) is 85.6 Å². The van der Waals surface area contributed by atoms with Gasteiger partial charge in [0.05, 0.1) is 0 Å². The second kappa shape index (κ2) is 11.2. The summed E-state index contributed by atoms with van der Waals surface area (Å²) in [5.41, 5.74) is 0.361. The van der Waals surface area contributed by atoms with Crippen molar-refractivity contribution >= 4 is 11.9 Å². The minimum absolute atomic E-state index is 0.219. The lowest BCUT2D eigenvalue weighted by atomic mass is 9.99. The highest BCUT2D eigenvalue weighted by Gasteiger charge is 2.31. The highest BCUT2D eigenvalue weighted by molar-refractivity contribution is 5.80. The van der Waals surface area contributed by atoms with E-state index in [-0.39, 0.29) is 30.4 Å². The molecule has 5 heteroatoms. The second-order valence-corrected chi connectivity index (χ2v) is 9.16. The van der Waals surface area contributed by atoms with E-state index < -0.39 is 17.7 Å². The fourth-order valence-electron chi connectivity index (χ4n) is 2.85. The monoisotopic (exact) mass is 391 g/mol. The number of rotatable bonds is 10. The summed E-state index contributed by atoms with van der Waals surface area (Å²) in [7, 11) is 0. The van der Waals surface area contributed by atoms with Crippen molar-refractivity contribution in [2.75, 3.05) is 0 Å². The van der Waals surface area contributed by atoms with Crippen molar-refractivity contribution in [3.8, 4) is 0 Å². The smallest absolute Gasteiger partial charge is 0.323 e. The molecule has 158 valence electrons. The molecule has 0 saturated carbocycles. The van der Waals surface area contributed by atoms with E-state index >= 15 is 0 Å². The van der Waals surface area contributed by atoms with Gasteiger partial charge >= 0.3 is 11.9 Å². The van der Waals surface area contributed by atoms with Gasteiger partial charge < -0.3 is 9.47 Å². The largest absolute Gasteiger partial charge is 0.460 e. The van der Waals surface area contributed by atoms with Gasteiger partial charge in [-0.2, -0.15) is 0 Å². The lowest BCUT2D eigenvalue weighted by molar-refractivity contribution is -0.159. The summed E-state index contributed by atoms with van der Waals surface area (Å²) in [5, 5.41) is 3.23. The number of hydrogen-bond acceptors (Lipinski definition) is 5. The van der Waals surface area contributed by atoms with Crippen LogP contribution in [0.2, 0.25) is 0 Å². The van der Waals surface area contributed by atoms with E-state index in [2.05, 4.69) is 5.32 Å². The summed E-state index contributed by atoms with van der Waals surface area (Å²) >= 11 is 0. The van der Waals surface area contributed by atoms with Crippen molar-refractivity contribution in [2.24, 2.45) is 11.8 Å². The Bertz CT molecular complexity index is 605. The number of nitrogens with one attached hydrogen (secondary N) is 1. The molecular weight excluding hydrogens is 354 g/mol. The molecule has 1 aromatic carbocycles. The Morgan fingerprint density at radius 1 is 0.893 bits per heavy atom. The third-order valence-corrected chi connectivity index (χ3v) is 4.02. The maximum Gasteiger partial charge on any atom is 0.323 e. The lowest BCUT2D eigenvalue weighted by Gasteiger charge is -2.28. The molecule has 0 saturated heterocycles. The Kier molecular flexibility index (Phi) is 9.66. The van der Waals surface area contributed by atoms with E-state index in [1.54, 1.807) is 0 Å². The van der Waals surface area contributed by atoms with Crippen LogP contribution in [0.4, 0.5) is 0 Å². The highest BCUT2D eigenvalue weighted by atomic mass is 16.6. The predicted molar refractivity (Wildman–Crippen MR) is 112 cm³/mol. The molecule has 0 aliphatic rings. The zero-order chi connectivity index (χ0) is 21.3. The van der Waals surface area contributed by atoms with Crippen LogP contribution in [0, 0.1) is 11.8 Å². The number of ether oxygens (including phenoxy) is 2. The SMILES string of the molecule is CC(C)C[C@H](N[C@H](CC(C)C)C(=O)OCc1ccccc1)C(=O)OC(C)(C)C. The van der Waals surface area contributed by atoms with Crippen LogP contribution in [0.5, 0.6) is 0 Å². The summed E-state index contributed by atoms with van der Waals surface area (Å²) in [4.78, 5) is 25.4. The third-order valence-electron chi connectivity index (χ3n) is 4.02. The average molecular weight is 392 g/mol. The maximum absolute atomic E-state index is 12.7. The summed E-state index contributed by atoms with van der Waals surface area (Å²) in [5.74, 6) is -0.106. The van der Waals surface area contributed by atoms with Gasteiger partial charge in [0.2, 0.25) is 0 Å². The van der Waals surface area contributed by atoms with Crippen LogP contribution in [0.1, 0.15) is 66.9 Å². The standard InChI is InChI=1S/C23H37NO4/c1-16(2)13-19(21(25)27-15-18-11-9-8-10-12-18)24-20(14-17(3)4)22(26)28-23(5,6)7/h8-12,16-17,19-20,24H,13-15H2,1-7H3/t19-,20+/m1/s1. The number of esters is 2. The van der Waals surface area contributed by atoms with Crippen molar-refractivity contribution in [1.82, 2.24) is 5.32 Å². The van der Waals surface area contributed by atoms with Crippen LogP contribution in [0.3, 0.4) is 0 Å². The van der Waals surface area contributed by atoms with Crippen molar-refractivity contribution in [3.05, 3.63) is 35.9 Å². The van der Waals surface area contributed by atoms with E-state index in [1.165, 1.54) is 0 Å². The molecule has 0 bridgehead atoms. The first-order valence-electron chi connectivity index (χ1n) is 10.2. The Hall–Kier alpha value is -1.88. The summed E-state index contributed by atoms with van der Waals surface area (Å²) in [6.07, 6.45) is 1.18. The molecule has 1 rings (SSSR count). The molecule has 2 atom stereocenters. The molecule has 0 unspecified atom stereocenters. The Balaban J connectivity index is 2.85. The van der Waals surface area contributed by atoms with Gasteiger partial charge in [0.15, 0.2) is 0 Å². The van der Waals surface area contributed by atoms with Crippen LogP contribution in [-0.2, 0) is 25.7 Å². The van der Waals surface area contributed by atoms with Crippen LogP contribution in [0.25, 0.3) is 0 Å². The number of benzene rings is 1. The Morgan fingerprint density at radius 3 is 1.86 bits per heavy atom. The molecule has 0 aliphatic heterocycles. The fraction of sp³-hybridized carbons (Fsp3) is 0.652. The topological polar surface area (TPSA) is 64.6 Å². The molecule has 0 amide bonds. The number of carbonyl (C=O) groups is 2. The summed E-state index contributed by atoms with van der Waals surface area (Å²) in [6.45, 7) is 13.9. The van der Waals surface area contributed by atoms with Gasteiger partial charge in [-0.15, -0.1) is 0 Å². The molecular formula is C23H37NO4. The van der Waals surface area contributed by atoms with Crippen LogP contribution < -0.4 is 5.32 Å². The normalized spacial score (nSPS) is 14.0. The van der Waals surface area contributed by atoms with Gasteiger partial charge in [-0.05, 0) is 51.0 Å². The lowest BCUT2D eigenvalue weighted by Crippen LogP contribution is -2.50. The fourth-order valence-corrected chi connectivity index (χ4v) is 2.85. The van der Waals surface area contributed by atoms with E-state index in [1.807, 2.05) is 78.8 Å². The minimum Gasteiger partial charge on any atom is -0.460 e. The third kappa shape index (κ3) is 9.88. The molecule has 0 radical (unpaired) electrons. The van der Waals surface area contributed by atoms with E-state index in [4.69, 9.17) is 9.47 Å². The molecule has 0 heterocycles. The maximum atomic E-state index is 12.7. The van der Waals surface area contributed by atoms with Crippen molar-refractivity contribution in [3.63, 3.8) is 0 Å². The van der Waals surface area contributed by atoms with E-state index in [0.29, 0.717) is 12.8 Å². The van der Waals surface area contributed by atoms with Crippen LogP contribution in [0.15, 0.2) is 30.3 Å². The van der Waals surface area contributed by atoms with Gasteiger partial charge in [0, 0.05) is 0 Å². The minimum atomic E-state index is -0.574. The number of hydrogen-bond donors (Lipinski definition) is 1. The van der Waals surface area contributed by atoms with Gasteiger partial charge in [-0.3, -0.25) is 14.9 Å². The molecule has 5 nitrogen and oxygen atoms in total. The first-order valence-corrected chi connectivity index (χ1v) is 10.2.